The van der Waals surface area contributed by atoms with E-state index in [1.807, 2.05) is 6.07 Å². The molecule has 3 rings (SSSR count). The fourth-order valence-corrected chi connectivity index (χ4v) is 4.69. The van der Waals surface area contributed by atoms with Crippen LogP contribution < -0.4 is 0 Å². The van der Waals surface area contributed by atoms with Crippen molar-refractivity contribution in [1.29, 1.82) is 5.26 Å². The molecule has 0 radical (unpaired) electrons. The molecule has 0 aliphatic carbocycles. The molecule has 1 N–H and O–H groups in total. The Morgan fingerprint density at radius 3 is 2.83 bits per heavy atom. The number of hydrogen-bond donors (Lipinski definition) is 1. The highest BCUT2D eigenvalue weighted by Gasteiger charge is 2.42. The van der Waals surface area contributed by atoms with Gasteiger partial charge in [0, 0.05) is 26.0 Å². The van der Waals surface area contributed by atoms with E-state index >= 15 is 0 Å². The Balaban J connectivity index is 2.01. The lowest BCUT2D eigenvalue weighted by molar-refractivity contribution is 0.114. The van der Waals surface area contributed by atoms with Crippen molar-refractivity contribution in [2.45, 2.75) is 30.4 Å². The van der Waals surface area contributed by atoms with Crippen LogP contribution in [0.5, 0.6) is 0 Å². The van der Waals surface area contributed by atoms with Gasteiger partial charge < -0.3 is 9.72 Å². The first-order chi connectivity index (χ1) is 11.5. The number of nitrogens with zero attached hydrogens (tertiary/aromatic N) is 3. The molecule has 1 aliphatic rings. The molecule has 2 heterocycles. The molecule has 8 heteroatoms. The summed E-state index contributed by atoms with van der Waals surface area (Å²) in [7, 11) is -2.15. The average molecular weight is 346 g/mol. The lowest BCUT2D eigenvalue weighted by Gasteiger charge is -2.22. The van der Waals surface area contributed by atoms with Gasteiger partial charge in [-0.05, 0) is 37.1 Å². The Bertz CT molecular complexity index is 871. The summed E-state index contributed by atoms with van der Waals surface area (Å²) < 4.78 is 33.0. The zero-order chi connectivity index (χ0) is 17.3. The first kappa shape index (κ1) is 16.6. The van der Waals surface area contributed by atoms with Crippen LogP contribution >= 0.6 is 0 Å². The highest BCUT2D eigenvalue weighted by molar-refractivity contribution is 7.89. The fraction of sp³-hybridized carbons (Fsp3) is 0.375. The Morgan fingerprint density at radius 2 is 2.25 bits per heavy atom. The number of hydrogen-bond acceptors (Lipinski definition) is 5. The molecular formula is C16H18N4O3S. The number of imidazole rings is 1. The molecule has 0 saturated carbocycles. The van der Waals surface area contributed by atoms with Gasteiger partial charge in [0.25, 0.3) is 0 Å². The number of aromatic amines is 1. The lowest BCUT2D eigenvalue weighted by Crippen LogP contribution is -2.32. The molecule has 0 spiro atoms. The Labute approximate surface area is 140 Å². The van der Waals surface area contributed by atoms with Crippen LogP contribution in [-0.2, 0) is 14.8 Å². The Hall–Kier alpha value is -2.21. The third-order valence-electron chi connectivity index (χ3n) is 4.31. The molecule has 126 valence electrons. The molecule has 7 nitrogen and oxygen atoms in total. The van der Waals surface area contributed by atoms with Crippen LogP contribution in [-0.4, -0.2) is 42.4 Å². The van der Waals surface area contributed by atoms with E-state index in [4.69, 9.17) is 10.00 Å². The largest absolute Gasteiger partial charge is 0.380 e. The van der Waals surface area contributed by atoms with Crippen molar-refractivity contribution < 1.29 is 13.2 Å². The van der Waals surface area contributed by atoms with Gasteiger partial charge in [0.15, 0.2) is 0 Å². The molecule has 1 saturated heterocycles. The van der Waals surface area contributed by atoms with Gasteiger partial charge in [-0.2, -0.15) is 9.57 Å². The summed E-state index contributed by atoms with van der Waals surface area (Å²) >= 11 is 0. The van der Waals surface area contributed by atoms with Crippen LogP contribution in [0.3, 0.4) is 0 Å². The maximum absolute atomic E-state index is 13.1. The number of methoxy groups -OCH3 is 1. The minimum absolute atomic E-state index is 0.173. The zero-order valence-corrected chi connectivity index (χ0v) is 14.2. The summed E-state index contributed by atoms with van der Waals surface area (Å²) in [5.41, 5.74) is 1.10. The molecule has 2 aromatic rings. The second kappa shape index (κ2) is 6.36. The smallest absolute Gasteiger partial charge is 0.243 e. The van der Waals surface area contributed by atoms with Crippen molar-refractivity contribution in [3.05, 3.63) is 47.5 Å². The fourth-order valence-electron chi connectivity index (χ4n) is 2.97. The van der Waals surface area contributed by atoms with Crippen molar-refractivity contribution >= 4 is 10.0 Å². The van der Waals surface area contributed by atoms with Crippen LogP contribution in [0.4, 0.5) is 0 Å². The van der Waals surface area contributed by atoms with Crippen LogP contribution in [0, 0.1) is 18.3 Å². The van der Waals surface area contributed by atoms with E-state index in [0.29, 0.717) is 23.4 Å². The van der Waals surface area contributed by atoms with Gasteiger partial charge in [-0.25, -0.2) is 13.4 Å². The van der Waals surface area contributed by atoms with Crippen LogP contribution in [0.1, 0.15) is 29.4 Å². The van der Waals surface area contributed by atoms with Gasteiger partial charge in [-0.3, -0.25) is 0 Å². The first-order valence-corrected chi connectivity index (χ1v) is 8.96. The summed E-state index contributed by atoms with van der Waals surface area (Å²) in [4.78, 5) is 7.37. The number of nitrogens with one attached hydrogen (secondary N) is 1. The minimum atomic E-state index is -3.72. The number of nitriles is 1. The Morgan fingerprint density at radius 1 is 1.46 bits per heavy atom. The standard InChI is InChI=1S/C16H18N4O3S/c1-11-7-14(4-3-12(11)9-17)24(21,22)20-10-13(23-2)8-15(20)16-18-5-6-19-16/h3-7,13,15H,8,10H2,1-2H3,(H,18,19)/t13-,15+/m1/s1. The highest BCUT2D eigenvalue weighted by atomic mass is 32.2. The number of rotatable bonds is 4. The molecule has 1 fully saturated rings. The van der Waals surface area contributed by atoms with Crippen molar-refractivity contribution in [1.82, 2.24) is 14.3 Å². The van der Waals surface area contributed by atoms with Crippen LogP contribution in [0.2, 0.25) is 0 Å². The van der Waals surface area contributed by atoms with Crippen molar-refractivity contribution in [3.63, 3.8) is 0 Å². The van der Waals surface area contributed by atoms with E-state index in [0.717, 1.165) is 0 Å². The van der Waals surface area contributed by atoms with Crippen molar-refractivity contribution in [2.75, 3.05) is 13.7 Å². The van der Waals surface area contributed by atoms with E-state index in [-0.39, 0.29) is 17.5 Å². The summed E-state index contributed by atoms with van der Waals surface area (Å²) in [6.07, 6.45) is 3.63. The van der Waals surface area contributed by atoms with Crippen molar-refractivity contribution in [2.24, 2.45) is 0 Å². The molecule has 0 bridgehead atoms. The number of aryl methyl sites for hydroxylation is 1. The summed E-state index contributed by atoms with van der Waals surface area (Å²) in [6.45, 7) is 1.99. The molecule has 1 aromatic carbocycles. The van der Waals surface area contributed by atoms with E-state index in [1.165, 1.54) is 22.5 Å². The number of benzene rings is 1. The number of aromatic nitrogens is 2. The predicted molar refractivity (Wildman–Crippen MR) is 86.5 cm³/mol. The molecule has 0 amide bonds. The molecule has 24 heavy (non-hydrogen) atoms. The Kier molecular flexibility index (Phi) is 4.41. The number of H-pyrrole nitrogens is 1. The maximum Gasteiger partial charge on any atom is 0.243 e. The van der Waals surface area contributed by atoms with E-state index in [2.05, 4.69) is 9.97 Å². The average Bonchev–Trinajstić information content (AvgIpc) is 3.23. The van der Waals surface area contributed by atoms with Gasteiger partial charge in [-0.15, -0.1) is 0 Å². The first-order valence-electron chi connectivity index (χ1n) is 7.52. The lowest BCUT2D eigenvalue weighted by atomic mass is 10.1. The van der Waals surface area contributed by atoms with Gasteiger partial charge in [0.2, 0.25) is 10.0 Å². The molecule has 1 aromatic heterocycles. The van der Waals surface area contributed by atoms with Crippen LogP contribution in [0.25, 0.3) is 0 Å². The van der Waals surface area contributed by atoms with Gasteiger partial charge >= 0.3 is 0 Å². The summed E-state index contributed by atoms with van der Waals surface area (Å²) in [6, 6.07) is 6.19. The summed E-state index contributed by atoms with van der Waals surface area (Å²) in [5, 5.41) is 9.02. The van der Waals surface area contributed by atoms with Gasteiger partial charge in [0.1, 0.15) is 5.82 Å². The maximum atomic E-state index is 13.1. The van der Waals surface area contributed by atoms with E-state index < -0.39 is 16.1 Å². The third-order valence-corrected chi connectivity index (χ3v) is 6.18. The topological polar surface area (TPSA) is 99.1 Å². The quantitative estimate of drug-likeness (QED) is 0.909. The van der Waals surface area contributed by atoms with Gasteiger partial charge in [-0.1, -0.05) is 0 Å². The minimum Gasteiger partial charge on any atom is -0.380 e. The van der Waals surface area contributed by atoms with Crippen LogP contribution in [0.15, 0.2) is 35.5 Å². The molecular weight excluding hydrogens is 328 g/mol. The van der Waals surface area contributed by atoms with Gasteiger partial charge in [0.05, 0.1) is 28.7 Å². The zero-order valence-electron chi connectivity index (χ0n) is 13.4. The molecule has 1 aliphatic heterocycles. The molecule has 2 atom stereocenters. The highest BCUT2D eigenvalue weighted by Crippen LogP contribution is 2.36. The van der Waals surface area contributed by atoms with E-state index in [9.17, 15) is 8.42 Å². The summed E-state index contributed by atoms with van der Waals surface area (Å²) in [5.74, 6) is 0.600. The number of ether oxygens (including phenoxy) is 1. The monoisotopic (exact) mass is 346 g/mol. The van der Waals surface area contributed by atoms with Crippen molar-refractivity contribution in [3.8, 4) is 6.07 Å². The predicted octanol–water partition coefficient (Wildman–Crippen LogP) is 1.74. The van der Waals surface area contributed by atoms with E-state index in [1.54, 1.807) is 26.4 Å². The second-order valence-electron chi connectivity index (χ2n) is 5.75. The third kappa shape index (κ3) is 2.82. The normalized spacial score (nSPS) is 21.7. The number of sulfonamides is 1. The molecule has 0 unspecified atom stereocenters. The second-order valence-corrected chi connectivity index (χ2v) is 7.64. The SMILES string of the molecule is CO[C@@H]1C[C@@H](c2ncc[nH]2)N(S(=O)(=O)c2ccc(C#N)c(C)c2)C1.